The number of nitrogens with zero attached hydrogens (tertiary/aromatic N) is 1. The van der Waals surface area contributed by atoms with Gasteiger partial charge in [0.05, 0.1) is 0 Å². The molecule has 3 N–H and O–H groups in total. The second-order valence-corrected chi connectivity index (χ2v) is 3.09. The van der Waals surface area contributed by atoms with E-state index in [0.29, 0.717) is 5.92 Å². The summed E-state index contributed by atoms with van der Waals surface area (Å²) in [4.78, 5) is 7.23. The molecule has 0 aliphatic rings. The van der Waals surface area contributed by atoms with Gasteiger partial charge in [0.15, 0.2) is 0 Å². The summed E-state index contributed by atoms with van der Waals surface area (Å²) in [5.74, 6) is 1.47. The molecule has 0 saturated heterocycles. The molecule has 0 aliphatic carbocycles. The average molecular weight is 153 g/mol. The van der Waals surface area contributed by atoms with Crippen molar-refractivity contribution in [2.75, 3.05) is 0 Å². The molecule has 1 aromatic heterocycles. The number of H-pyrrole nitrogens is 1. The molecule has 0 aromatic carbocycles. The van der Waals surface area contributed by atoms with Crippen molar-refractivity contribution in [1.29, 1.82) is 0 Å². The molecule has 0 amide bonds. The molecule has 1 aromatic rings. The lowest BCUT2D eigenvalue weighted by molar-refractivity contribution is 0.567. The maximum atomic E-state index is 5.66. The number of rotatable bonds is 3. The van der Waals surface area contributed by atoms with Gasteiger partial charge in [0.25, 0.3) is 0 Å². The Morgan fingerprint density at radius 2 is 2.36 bits per heavy atom. The Morgan fingerprint density at radius 1 is 1.64 bits per heavy atom. The van der Waals surface area contributed by atoms with Crippen molar-refractivity contribution in [3.05, 3.63) is 18.2 Å². The number of hydrogen-bond donors (Lipinski definition) is 2. The van der Waals surface area contributed by atoms with Crippen LogP contribution in [0.5, 0.6) is 0 Å². The summed E-state index contributed by atoms with van der Waals surface area (Å²) in [5.41, 5.74) is 5.66. The van der Waals surface area contributed by atoms with Gasteiger partial charge in [-0.1, -0.05) is 6.92 Å². The Bertz CT molecular complexity index is 191. The van der Waals surface area contributed by atoms with Crippen LogP contribution in [0.2, 0.25) is 0 Å². The van der Waals surface area contributed by atoms with E-state index in [1.165, 1.54) is 0 Å². The second-order valence-electron chi connectivity index (χ2n) is 3.09. The van der Waals surface area contributed by atoms with Crippen LogP contribution in [0, 0.1) is 0 Å². The topological polar surface area (TPSA) is 54.7 Å². The first-order chi connectivity index (χ1) is 5.20. The van der Waals surface area contributed by atoms with Crippen LogP contribution in [0.1, 0.15) is 32.0 Å². The number of aromatic amines is 1. The van der Waals surface area contributed by atoms with E-state index in [2.05, 4.69) is 16.9 Å². The minimum absolute atomic E-state index is 0.245. The number of nitrogens with one attached hydrogen (secondary N) is 1. The van der Waals surface area contributed by atoms with Crippen molar-refractivity contribution in [3.63, 3.8) is 0 Å². The summed E-state index contributed by atoms with van der Waals surface area (Å²) in [6.07, 6.45) is 4.59. The van der Waals surface area contributed by atoms with E-state index in [-0.39, 0.29) is 6.04 Å². The zero-order valence-corrected chi connectivity index (χ0v) is 7.04. The molecule has 0 aliphatic heterocycles. The minimum Gasteiger partial charge on any atom is -0.348 e. The predicted octanol–water partition coefficient (Wildman–Crippen LogP) is 1.25. The summed E-state index contributed by atoms with van der Waals surface area (Å²) >= 11 is 0. The van der Waals surface area contributed by atoms with E-state index in [1.807, 2.05) is 13.1 Å². The van der Waals surface area contributed by atoms with Crippen molar-refractivity contribution in [3.8, 4) is 0 Å². The van der Waals surface area contributed by atoms with Gasteiger partial charge in [0, 0.05) is 24.4 Å². The summed E-state index contributed by atoms with van der Waals surface area (Å²) in [7, 11) is 0. The number of aromatic nitrogens is 2. The van der Waals surface area contributed by atoms with Crippen molar-refractivity contribution in [2.24, 2.45) is 5.73 Å². The fourth-order valence-electron chi connectivity index (χ4n) is 1.22. The van der Waals surface area contributed by atoms with E-state index in [0.717, 1.165) is 12.2 Å². The zero-order valence-electron chi connectivity index (χ0n) is 7.04. The summed E-state index contributed by atoms with van der Waals surface area (Å²) in [6.45, 7) is 4.14. The highest BCUT2D eigenvalue weighted by molar-refractivity contribution is 4.95. The van der Waals surface area contributed by atoms with Gasteiger partial charge in [0.1, 0.15) is 5.82 Å². The molecule has 0 fully saturated rings. The Labute approximate surface area is 67.0 Å². The molecule has 2 unspecified atom stereocenters. The van der Waals surface area contributed by atoms with Gasteiger partial charge >= 0.3 is 0 Å². The van der Waals surface area contributed by atoms with Crippen LogP contribution in [-0.2, 0) is 0 Å². The maximum absolute atomic E-state index is 5.66. The van der Waals surface area contributed by atoms with Crippen LogP contribution < -0.4 is 5.73 Å². The van der Waals surface area contributed by atoms with Crippen molar-refractivity contribution in [2.45, 2.75) is 32.2 Å². The molecule has 0 bridgehead atoms. The smallest absolute Gasteiger partial charge is 0.108 e. The summed E-state index contributed by atoms with van der Waals surface area (Å²) in [6, 6.07) is 0.245. The first-order valence-corrected chi connectivity index (χ1v) is 3.95. The molecular formula is C8H15N3. The van der Waals surface area contributed by atoms with E-state index in [4.69, 9.17) is 5.73 Å². The van der Waals surface area contributed by atoms with Gasteiger partial charge in [-0.05, 0) is 13.3 Å². The van der Waals surface area contributed by atoms with Crippen LogP contribution in [0.4, 0.5) is 0 Å². The molecule has 0 saturated carbocycles. The Hall–Kier alpha value is -0.830. The highest BCUT2D eigenvalue weighted by Crippen LogP contribution is 2.14. The normalized spacial score (nSPS) is 16.3. The van der Waals surface area contributed by atoms with Gasteiger partial charge in [-0.25, -0.2) is 4.98 Å². The fraction of sp³-hybridized carbons (Fsp3) is 0.625. The molecule has 3 heteroatoms. The van der Waals surface area contributed by atoms with Crippen LogP contribution >= 0.6 is 0 Å². The van der Waals surface area contributed by atoms with E-state index >= 15 is 0 Å². The molecule has 3 nitrogen and oxygen atoms in total. The maximum Gasteiger partial charge on any atom is 0.108 e. The van der Waals surface area contributed by atoms with Gasteiger partial charge in [-0.3, -0.25) is 0 Å². The molecule has 11 heavy (non-hydrogen) atoms. The molecule has 62 valence electrons. The van der Waals surface area contributed by atoms with Crippen molar-refractivity contribution < 1.29 is 0 Å². The Balaban J connectivity index is 2.49. The molecule has 2 atom stereocenters. The van der Waals surface area contributed by atoms with Gasteiger partial charge in [0.2, 0.25) is 0 Å². The SMILES string of the molecule is CC(N)CC(C)c1ncc[nH]1. The third kappa shape index (κ3) is 2.35. The zero-order chi connectivity index (χ0) is 8.27. The molecule has 0 radical (unpaired) electrons. The van der Waals surface area contributed by atoms with Gasteiger partial charge in [-0.2, -0.15) is 0 Å². The Morgan fingerprint density at radius 3 is 2.82 bits per heavy atom. The molecule has 0 spiro atoms. The number of nitrogens with two attached hydrogens (primary N) is 1. The fourth-order valence-corrected chi connectivity index (χ4v) is 1.22. The summed E-state index contributed by atoms with van der Waals surface area (Å²) < 4.78 is 0. The van der Waals surface area contributed by atoms with Crippen molar-refractivity contribution >= 4 is 0 Å². The molecule has 1 heterocycles. The first-order valence-electron chi connectivity index (χ1n) is 3.95. The van der Waals surface area contributed by atoms with E-state index in [1.54, 1.807) is 6.20 Å². The lowest BCUT2D eigenvalue weighted by atomic mass is 10.0. The highest BCUT2D eigenvalue weighted by Gasteiger charge is 2.08. The third-order valence-corrected chi connectivity index (χ3v) is 1.71. The molecule has 1 rings (SSSR count). The largest absolute Gasteiger partial charge is 0.348 e. The number of imidazole rings is 1. The quantitative estimate of drug-likeness (QED) is 0.686. The van der Waals surface area contributed by atoms with E-state index in [9.17, 15) is 0 Å². The second kappa shape index (κ2) is 3.53. The van der Waals surface area contributed by atoms with Gasteiger partial charge < -0.3 is 10.7 Å². The van der Waals surface area contributed by atoms with Crippen molar-refractivity contribution in [1.82, 2.24) is 9.97 Å². The first kappa shape index (κ1) is 8.27. The Kier molecular flexibility index (Phi) is 2.65. The number of hydrogen-bond acceptors (Lipinski definition) is 2. The van der Waals surface area contributed by atoms with E-state index < -0.39 is 0 Å². The minimum atomic E-state index is 0.245. The van der Waals surface area contributed by atoms with Crippen LogP contribution in [0.15, 0.2) is 12.4 Å². The highest BCUT2D eigenvalue weighted by atomic mass is 14.9. The predicted molar refractivity (Wildman–Crippen MR) is 45.3 cm³/mol. The van der Waals surface area contributed by atoms with Crippen LogP contribution in [0.25, 0.3) is 0 Å². The van der Waals surface area contributed by atoms with Crippen LogP contribution in [-0.4, -0.2) is 16.0 Å². The lowest BCUT2D eigenvalue weighted by Crippen LogP contribution is -2.17. The van der Waals surface area contributed by atoms with Crippen LogP contribution in [0.3, 0.4) is 0 Å². The van der Waals surface area contributed by atoms with Gasteiger partial charge in [-0.15, -0.1) is 0 Å². The average Bonchev–Trinajstić information content (AvgIpc) is 2.35. The lowest BCUT2D eigenvalue weighted by Gasteiger charge is -2.10. The monoisotopic (exact) mass is 153 g/mol. The summed E-state index contributed by atoms with van der Waals surface area (Å²) in [5, 5.41) is 0. The standard InChI is InChI=1S/C8H15N3/c1-6(5-7(2)9)8-10-3-4-11-8/h3-4,6-7H,5,9H2,1-2H3,(H,10,11). The third-order valence-electron chi connectivity index (χ3n) is 1.71. The molecular weight excluding hydrogens is 138 g/mol.